The van der Waals surface area contributed by atoms with Gasteiger partial charge in [-0.2, -0.15) is 0 Å². The van der Waals surface area contributed by atoms with Gasteiger partial charge in [0.25, 0.3) is 5.24 Å². The zero-order valence-electron chi connectivity index (χ0n) is 19.9. The Kier molecular flexibility index (Phi) is 11.2. The number of aliphatic carboxylic acids is 1. The minimum Gasteiger partial charge on any atom is -0.480 e. The summed E-state index contributed by atoms with van der Waals surface area (Å²) in [5.74, 6) is 0.633. The Morgan fingerprint density at radius 2 is 1.79 bits per heavy atom. The highest BCUT2D eigenvalue weighted by Gasteiger charge is 2.21. The van der Waals surface area contributed by atoms with Gasteiger partial charge in [-0.1, -0.05) is 67.5 Å². The van der Waals surface area contributed by atoms with Crippen LogP contribution in [-0.2, 0) is 10.5 Å². The number of rotatable bonds is 8. The van der Waals surface area contributed by atoms with Gasteiger partial charge in [-0.15, -0.1) is 0 Å². The lowest BCUT2D eigenvalue weighted by Gasteiger charge is -2.30. The second kappa shape index (κ2) is 13.8. The first-order chi connectivity index (χ1) is 16.2. The number of halogens is 1. The first-order valence-electron chi connectivity index (χ1n) is 11.1. The van der Waals surface area contributed by atoms with Crippen molar-refractivity contribution in [2.24, 2.45) is 5.92 Å². The molecule has 0 saturated carbocycles. The third kappa shape index (κ3) is 8.22. The standard InChI is InChI=1S/C15H23NOS.C11H8ClNO3/c1-5-16(13(4)12(2)3)15(17)18-11-14-9-7-6-8-10-14;12-8-3-4-9(16-6-10(14)15)11-7(8)2-1-5-13-11/h6-10,12-13H,5,11H2,1-4H3;1-5H,6H2,(H,14,15). The molecule has 1 atom stereocenters. The number of carboxylic acids is 1. The molecular weight excluding hydrogens is 472 g/mol. The van der Waals surface area contributed by atoms with Crippen LogP contribution in [-0.4, -0.2) is 45.4 Å². The van der Waals surface area contributed by atoms with Gasteiger partial charge in [0.1, 0.15) is 11.3 Å². The Labute approximate surface area is 210 Å². The van der Waals surface area contributed by atoms with Gasteiger partial charge in [0.15, 0.2) is 6.61 Å². The van der Waals surface area contributed by atoms with E-state index in [1.165, 1.54) is 17.3 Å². The van der Waals surface area contributed by atoms with Crippen molar-refractivity contribution in [2.75, 3.05) is 13.2 Å². The van der Waals surface area contributed by atoms with Crippen LogP contribution in [0.4, 0.5) is 4.79 Å². The minimum atomic E-state index is -1.03. The van der Waals surface area contributed by atoms with E-state index in [2.05, 4.69) is 37.9 Å². The number of carbonyl (C=O) groups excluding carboxylic acids is 1. The summed E-state index contributed by atoms with van der Waals surface area (Å²) < 4.78 is 5.12. The average Bonchev–Trinajstić information content (AvgIpc) is 2.84. The maximum absolute atomic E-state index is 12.2. The quantitative estimate of drug-likeness (QED) is 0.366. The van der Waals surface area contributed by atoms with Gasteiger partial charge < -0.3 is 14.7 Å². The molecular formula is C26H31ClN2O4S. The third-order valence-electron chi connectivity index (χ3n) is 5.27. The van der Waals surface area contributed by atoms with E-state index in [9.17, 15) is 9.59 Å². The molecule has 0 saturated heterocycles. The number of pyridine rings is 1. The highest BCUT2D eigenvalue weighted by molar-refractivity contribution is 8.12. The highest BCUT2D eigenvalue weighted by Crippen LogP contribution is 2.29. The van der Waals surface area contributed by atoms with E-state index in [1.807, 2.05) is 30.0 Å². The van der Waals surface area contributed by atoms with Gasteiger partial charge in [0.05, 0.1) is 5.02 Å². The fraction of sp³-hybridized carbons (Fsp3) is 0.346. The minimum absolute atomic E-state index is 0.183. The van der Waals surface area contributed by atoms with Gasteiger partial charge in [-0.05, 0) is 49.6 Å². The Morgan fingerprint density at radius 1 is 1.09 bits per heavy atom. The summed E-state index contributed by atoms with van der Waals surface area (Å²) in [6.07, 6.45) is 1.60. The first-order valence-corrected chi connectivity index (χ1v) is 12.5. The third-order valence-corrected chi connectivity index (χ3v) is 6.56. The summed E-state index contributed by atoms with van der Waals surface area (Å²) in [6, 6.07) is 17.3. The molecule has 1 amide bonds. The van der Waals surface area contributed by atoms with Crippen LogP contribution < -0.4 is 4.74 Å². The van der Waals surface area contributed by atoms with Crippen molar-refractivity contribution in [3.63, 3.8) is 0 Å². The Bertz CT molecular complexity index is 1080. The van der Waals surface area contributed by atoms with Crippen molar-refractivity contribution in [3.05, 3.63) is 71.4 Å². The SMILES string of the molecule is CCN(C(=O)SCc1ccccc1)C(C)C(C)C.O=C(O)COc1ccc(Cl)c2cccnc12. The predicted octanol–water partition coefficient (Wildman–Crippen LogP) is 6.76. The van der Waals surface area contributed by atoms with Crippen LogP contribution >= 0.6 is 23.4 Å². The van der Waals surface area contributed by atoms with Crippen LogP contribution in [0.5, 0.6) is 5.75 Å². The van der Waals surface area contributed by atoms with E-state index in [0.29, 0.717) is 28.2 Å². The second-order valence-electron chi connectivity index (χ2n) is 7.94. The molecule has 0 bridgehead atoms. The topological polar surface area (TPSA) is 79.7 Å². The molecule has 0 spiro atoms. The molecule has 0 aliphatic heterocycles. The molecule has 0 fully saturated rings. The number of hydrogen-bond donors (Lipinski definition) is 1. The summed E-state index contributed by atoms with van der Waals surface area (Å²) >= 11 is 7.37. The van der Waals surface area contributed by atoms with Crippen LogP contribution in [0.1, 0.15) is 33.3 Å². The lowest BCUT2D eigenvalue weighted by molar-refractivity contribution is -0.139. The van der Waals surface area contributed by atoms with Crippen LogP contribution in [0.25, 0.3) is 10.9 Å². The number of carboxylic acid groups (broad SMARTS) is 1. The highest BCUT2D eigenvalue weighted by atomic mass is 35.5. The zero-order chi connectivity index (χ0) is 25.1. The molecule has 34 heavy (non-hydrogen) atoms. The van der Waals surface area contributed by atoms with Crippen LogP contribution in [0.15, 0.2) is 60.8 Å². The van der Waals surface area contributed by atoms with E-state index in [4.69, 9.17) is 21.4 Å². The molecule has 0 aliphatic carbocycles. The number of nitrogens with zero attached hydrogens (tertiary/aromatic N) is 2. The average molecular weight is 503 g/mol. The summed E-state index contributed by atoms with van der Waals surface area (Å²) in [5.41, 5.74) is 1.76. The van der Waals surface area contributed by atoms with Crippen molar-refractivity contribution >= 4 is 45.5 Å². The van der Waals surface area contributed by atoms with Crippen molar-refractivity contribution in [3.8, 4) is 5.75 Å². The molecule has 182 valence electrons. The maximum Gasteiger partial charge on any atom is 0.341 e. The number of thioether (sulfide) groups is 1. The van der Waals surface area contributed by atoms with Crippen molar-refractivity contribution < 1.29 is 19.4 Å². The van der Waals surface area contributed by atoms with E-state index in [-0.39, 0.29) is 5.24 Å². The molecule has 0 aliphatic rings. The molecule has 3 rings (SSSR count). The molecule has 3 aromatic rings. The molecule has 1 heterocycles. The number of benzene rings is 2. The summed E-state index contributed by atoms with van der Waals surface area (Å²) in [6.45, 7) is 8.85. The Hall–Kier alpha value is -2.77. The Balaban J connectivity index is 0.000000241. The van der Waals surface area contributed by atoms with Crippen molar-refractivity contribution in [2.45, 2.75) is 39.5 Å². The lowest BCUT2D eigenvalue weighted by Crippen LogP contribution is -2.39. The normalized spacial score (nSPS) is 11.5. The van der Waals surface area contributed by atoms with Gasteiger partial charge in [-0.25, -0.2) is 4.79 Å². The first kappa shape index (κ1) is 27.5. The van der Waals surface area contributed by atoms with Crippen LogP contribution in [0.3, 0.4) is 0 Å². The van der Waals surface area contributed by atoms with Crippen LogP contribution in [0, 0.1) is 5.92 Å². The lowest BCUT2D eigenvalue weighted by atomic mass is 10.1. The second-order valence-corrected chi connectivity index (χ2v) is 9.27. The number of hydrogen-bond acceptors (Lipinski definition) is 5. The van der Waals surface area contributed by atoms with E-state index in [1.54, 1.807) is 30.5 Å². The molecule has 6 nitrogen and oxygen atoms in total. The van der Waals surface area contributed by atoms with Gasteiger partial charge in [-0.3, -0.25) is 9.78 Å². The number of ether oxygens (including phenoxy) is 1. The summed E-state index contributed by atoms with van der Waals surface area (Å²) in [7, 11) is 0. The molecule has 1 N–H and O–H groups in total. The van der Waals surface area contributed by atoms with E-state index in [0.717, 1.165) is 17.7 Å². The van der Waals surface area contributed by atoms with Crippen molar-refractivity contribution in [1.82, 2.24) is 9.88 Å². The molecule has 1 unspecified atom stereocenters. The van der Waals surface area contributed by atoms with Gasteiger partial charge in [0, 0.05) is 29.9 Å². The van der Waals surface area contributed by atoms with E-state index >= 15 is 0 Å². The van der Waals surface area contributed by atoms with Gasteiger partial charge >= 0.3 is 5.97 Å². The maximum atomic E-state index is 12.2. The molecule has 8 heteroatoms. The molecule has 2 aromatic carbocycles. The number of amides is 1. The number of fused-ring (bicyclic) bond motifs is 1. The summed E-state index contributed by atoms with van der Waals surface area (Å²) in [4.78, 5) is 28.7. The van der Waals surface area contributed by atoms with Crippen molar-refractivity contribution in [1.29, 1.82) is 0 Å². The Morgan fingerprint density at radius 3 is 2.41 bits per heavy atom. The number of aromatic nitrogens is 1. The fourth-order valence-electron chi connectivity index (χ4n) is 3.11. The zero-order valence-corrected chi connectivity index (χ0v) is 21.5. The van der Waals surface area contributed by atoms with E-state index < -0.39 is 12.6 Å². The monoisotopic (exact) mass is 502 g/mol. The fourth-order valence-corrected chi connectivity index (χ4v) is 4.27. The number of carbonyl (C=O) groups is 2. The molecule has 1 aromatic heterocycles. The van der Waals surface area contributed by atoms with Crippen LogP contribution in [0.2, 0.25) is 5.02 Å². The van der Waals surface area contributed by atoms with Gasteiger partial charge in [0.2, 0.25) is 0 Å². The smallest absolute Gasteiger partial charge is 0.341 e. The largest absolute Gasteiger partial charge is 0.480 e. The predicted molar refractivity (Wildman–Crippen MR) is 140 cm³/mol. The molecule has 0 radical (unpaired) electrons. The summed E-state index contributed by atoms with van der Waals surface area (Å²) in [5, 5.41) is 10.0.